The summed E-state index contributed by atoms with van der Waals surface area (Å²) in [7, 11) is 19.7. The van der Waals surface area contributed by atoms with Crippen LogP contribution >= 0.6 is 0 Å². The summed E-state index contributed by atoms with van der Waals surface area (Å²) in [5, 5.41) is 0. The third-order valence-electron chi connectivity index (χ3n) is 21.1. The molecular formula is C95H109N9O12. The molecular weight excluding hydrogens is 1460 g/mol. The highest BCUT2D eigenvalue weighted by molar-refractivity contribution is 5.83. The van der Waals surface area contributed by atoms with E-state index in [4.69, 9.17) is 102 Å². The highest BCUT2D eigenvalue weighted by atomic mass is 16.5. The van der Waals surface area contributed by atoms with Crippen LogP contribution in [0.4, 0.5) is 0 Å². The van der Waals surface area contributed by atoms with E-state index in [0.717, 1.165) is 162 Å². The molecule has 606 valence electrons. The van der Waals surface area contributed by atoms with Crippen molar-refractivity contribution in [2.75, 3.05) is 85.3 Å². The normalized spacial score (nSPS) is 10.9. The van der Waals surface area contributed by atoms with Gasteiger partial charge in [-0.2, -0.15) is 0 Å². The third kappa shape index (κ3) is 16.8. The number of aryl methyl sites for hydroxylation is 15. The van der Waals surface area contributed by atoms with Crippen LogP contribution in [0.1, 0.15) is 111 Å². The van der Waals surface area contributed by atoms with Crippen molar-refractivity contribution in [1.82, 2.24) is 44.9 Å². The van der Waals surface area contributed by atoms with E-state index in [1.165, 1.54) is 16.7 Å². The van der Waals surface area contributed by atoms with E-state index in [9.17, 15) is 0 Å². The molecule has 12 rings (SSSR count). The second-order valence-corrected chi connectivity index (χ2v) is 29.4. The maximum Gasteiger partial charge on any atom is 0.168 e. The maximum atomic E-state index is 5.90. The van der Waals surface area contributed by atoms with Gasteiger partial charge in [-0.25, -0.2) is 44.9 Å². The van der Waals surface area contributed by atoms with Crippen molar-refractivity contribution in [3.8, 4) is 171 Å². The first kappa shape index (κ1) is 86.0. The predicted molar refractivity (Wildman–Crippen MR) is 462 cm³/mol. The Morgan fingerprint density at radius 1 is 0.164 bits per heavy atom. The van der Waals surface area contributed by atoms with E-state index in [0.29, 0.717) is 104 Å². The van der Waals surface area contributed by atoms with Crippen LogP contribution in [0.15, 0.2) is 78.9 Å². The average Bonchev–Trinajstić information content (AvgIpc) is 0.761. The van der Waals surface area contributed by atoms with Gasteiger partial charge in [-0.3, -0.25) is 0 Å². The summed E-state index contributed by atoms with van der Waals surface area (Å²) in [6.45, 7) is 40.8. The Morgan fingerprint density at radius 2 is 0.388 bits per heavy atom. The standard InChI is InChI=1S/C32H37N3O6.C32H37N3O4.C31H35N3O2/c1-16-12-21(36-6)15-24(38-8)25(16)31-33-30(22-13-18(3)27(39-9)20(5)28(22)40-10)34-32(35-31)26-17(2)14-23(37-7)19(4)29(26)41-11;1-16-12-17(2)25(18(3)13-16)31-33-30(23-14-20(5)27(37-9)22(7)28(23)38-10)34-32(35-31)26-19(4)15-24(36-8)21(6)29(26)39-11;1-16-11-18(3)25(19(4)12-16)30-32-29(24-15-22(7)27(35-9)23(8)28(24)36-10)33-31(34-30)26-20(5)13-17(2)14-21(26)6/h12-15H,1-11H3;12-15H,1-11H3;11-15H,1-10H3. The smallest absolute Gasteiger partial charge is 0.168 e. The highest BCUT2D eigenvalue weighted by Crippen LogP contribution is 2.48. The van der Waals surface area contributed by atoms with Crippen LogP contribution in [0, 0.1) is 138 Å². The van der Waals surface area contributed by atoms with Gasteiger partial charge in [-0.1, -0.05) is 53.1 Å². The summed E-state index contributed by atoms with van der Waals surface area (Å²) in [4.78, 5) is 45.2. The molecule has 0 saturated carbocycles. The Hall–Kier alpha value is -12.4. The number of nitrogens with zero attached hydrogens (tertiary/aromatic N) is 9. The van der Waals surface area contributed by atoms with Gasteiger partial charge in [0.25, 0.3) is 0 Å². The quantitative estimate of drug-likeness (QED) is 0.0651. The zero-order chi connectivity index (χ0) is 84.9. The molecule has 0 N–H and O–H groups in total. The van der Waals surface area contributed by atoms with Crippen LogP contribution < -0.4 is 56.8 Å². The van der Waals surface area contributed by atoms with E-state index in [2.05, 4.69) is 98.7 Å². The zero-order valence-corrected chi connectivity index (χ0v) is 73.4. The number of methoxy groups -OCH3 is 12. The first-order valence-corrected chi connectivity index (χ1v) is 38.1. The SMILES string of the molecule is COc1c(C)cc(-c2nc(-c3c(C)cc(C)cc3C)nc(-c3c(C)cc(C)cc3C)n2)c(OC)c1C.COc1cc(C)c(-c2nc(-c3cc(C)c(OC)c(C)c3OC)nc(-c3c(C)cc(C)cc3C)n2)c(OC)c1C.COc1cc(C)c(-c2nc(-c3cc(C)c(OC)c(C)c3OC)nc(-c3c(C)cc(OC)c(C)c3OC)n2)c(OC)c1. The van der Waals surface area contributed by atoms with Gasteiger partial charge in [0.15, 0.2) is 52.4 Å². The maximum absolute atomic E-state index is 5.90. The summed E-state index contributed by atoms with van der Waals surface area (Å²) in [6, 6.07) is 26.7. The number of hydrogen-bond acceptors (Lipinski definition) is 21. The largest absolute Gasteiger partial charge is 0.497 e. The first-order valence-electron chi connectivity index (χ1n) is 38.1. The van der Waals surface area contributed by atoms with Gasteiger partial charge in [0.1, 0.15) is 69.0 Å². The molecule has 0 bridgehead atoms. The first-order chi connectivity index (χ1) is 55.2. The Labute approximate surface area is 683 Å². The Kier molecular flexibility index (Phi) is 26.7. The fourth-order valence-electron chi connectivity index (χ4n) is 16.3. The molecule has 0 unspecified atom stereocenters. The Morgan fingerprint density at radius 3 is 0.629 bits per heavy atom. The van der Waals surface area contributed by atoms with E-state index < -0.39 is 0 Å². The van der Waals surface area contributed by atoms with Crippen molar-refractivity contribution in [2.45, 2.75) is 138 Å². The Balaban J connectivity index is 0.000000184. The van der Waals surface area contributed by atoms with Crippen LogP contribution in [0.3, 0.4) is 0 Å². The van der Waals surface area contributed by atoms with Gasteiger partial charge >= 0.3 is 0 Å². The molecule has 21 nitrogen and oxygen atoms in total. The molecule has 3 aromatic heterocycles. The second kappa shape index (κ2) is 36.0. The van der Waals surface area contributed by atoms with E-state index in [1.54, 1.807) is 85.3 Å². The molecule has 0 spiro atoms. The minimum Gasteiger partial charge on any atom is -0.497 e. The topological polar surface area (TPSA) is 227 Å². The minimum atomic E-state index is 0.433. The van der Waals surface area contributed by atoms with Crippen LogP contribution in [0.25, 0.3) is 102 Å². The molecule has 0 radical (unpaired) electrons. The summed E-state index contributed by atoms with van der Waals surface area (Å²) in [5.74, 6) is 13.1. The van der Waals surface area contributed by atoms with Gasteiger partial charge in [0.2, 0.25) is 0 Å². The second-order valence-electron chi connectivity index (χ2n) is 29.4. The molecule has 21 heteroatoms. The molecule has 0 aliphatic carbocycles. The molecule has 3 heterocycles. The van der Waals surface area contributed by atoms with Crippen LogP contribution in [-0.4, -0.2) is 130 Å². The van der Waals surface area contributed by atoms with Crippen molar-refractivity contribution in [2.24, 2.45) is 0 Å². The van der Waals surface area contributed by atoms with Crippen molar-refractivity contribution < 1.29 is 56.8 Å². The number of aromatic nitrogens is 9. The Bertz CT molecular complexity index is 5650. The lowest BCUT2D eigenvalue weighted by atomic mass is 9.97. The molecule has 0 amide bonds. The lowest BCUT2D eigenvalue weighted by Gasteiger charge is -2.20. The number of benzene rings is 9. The van der Waals surface area contributed by atoms with E-state index in [-0.39, 0.29) is 0 Å². The third-order valence-corrected chi connectivity index (χ3v) is 21.1. The number of hydrogen-bond donors (Lipinski definition) is 0. The average molecular weight is 1570 g/mol. The lowest BCUT2D eigenvalue weighted by molar-refractivity contribution is 0.387. The van der Waals surface area contributed by atoms with Crippen LogP contribution in [0.5, 0.6) is 69.0 Å². The molecule has 0 aliphatic rings. The summed E-state index contributed by atoms with van der Waals surface area (Å²) < 4.78 is 68.8. The van der Waals surface area contributed by atoms with E-state index >= 15 is 0 Å². The van der Waals surface area contributed by atoms with Gasteiger partial charge in [0.05, 0.1) is 119 Å². The van der Waals surface area contributed by atoms with Gasteiger partial charge in [0, 0.05) is 50.6 Å². The molecule has 0 fully saturated rings. The molecule has 0 aliphatic heterocycles. The number of rotatable bonds is 21. The van der Waals surface area contributed by atoms with Crippen molar-refractivity contribution in [3.63, 3.8) is 0 Å². The lowest BCUT2D eigenvalue weighted by Crippen LogP contribution is -2.07. The van der Waals surface area contributed by atoms with E-state index in [1.807, 2.05) is 119 Å². The zero-order valence-electron chi connectivity index (χ0n) is 73.4. The van der Waals surface area contributed by atoms with Gasteiger partial charge in [-0.15, -0.1) is 0 Å². The van der Waals surface area contributed by atoms with Crippen molar-refractivity contribution >= 4 is 0 Å². The van der Waals surface area contributed by atoms with Gasteiger partial charge < -0.3 is 56.8 Å². The predicted octanol–water partition coefficient (Wildman–Crippen LogP) is 20.9. The van der Waals surface area contributed by atoms with Crippen LogP contribution in [-0.2, 0) is 0 Å². The molecule has 12 aromatic rings. The summed E-state index contributed by atoms with van der Waals surface area (Å²) in [6.07, 6.45) is 0. The molecule has 9 aromatic carbocycles. The highest BCUT2D eigenvalue weighted by Gasteiger charge is 2.30. The van der Waals surface area contributed by atoms with Crippen molar-refractivity contribution in [1.29, 1.82) is 0 Å². The summed E-state index contributed by atoms with van der Waals surface area (Å²) in [5.41, 5.74) is 28.0. The fourth-order valence-corrected chi connectivity index (χ4v) is 16.3. The van der Waals surface area contributed by atoms with Gasteiger partial charge in [-0.05, 0) is 242 Å². The fraction of sp³-hybridized carbons (Fsp3) is 0.337. The summed E-state index contributed by atoms with van der Waals surface area (Å²) >= 11 is 0. The molecule has 0 saturated heterocycles. The molecule has 116 heavy (non-hydrogen) atoms. The number of ether oxygens (including phenoxy) is 12. The monoisotopic (exact) mass is 1570 g/mol. The van der Waals surface area contributed by atoms with Crippen molar-refractivity contribution in [3.05, 3.63) is 190 Å². The molecule has 0 atom stereocenters. The minimum absolute atomic E-state index is 0.433. The van der Waals surface area contributed by atoms with Crippen LogP contribution in [0.2, 0.25) is 0 Å².